The lowest BCUT2D eigenvalue weighted by Crippen LogP contribution is -2.27. The monoisotopic (exact) mass is 419 g/mol. The van der Waals surface area contributed by atoms with Gasteiger partial charge in [0, 0.05) is 33.8 Å². The number of aryl methyl sites for hydroxylation is 2. The maximum atomic E-state index is 13.3. The van der Waals surface area contributed by atoms with Crippen molar-refractivity contribution in [1.82, 2.24) is 25.1 Å². The Kier molecular flexibility index (Phi) is 5.39. The highest BCUT2D eigenvalue weighted by molar-refractivity contribution is 7.12. The van der Waals surface area contributed by atoms with E-state index in [1.54, 1.807) is 29.9 Å². The van der Waals surface area contributed by atoms with Crippen LogP contribution in [0.3, 0.4) is 0 Å². The molecule has 4 aromatic rings. The van der Waals surface area contributed by atoms with Crippen molar-refractivity contribution in [3.8, 4) is 11.3 Å². The van der Waals surface area contributed by atoms with Gasteiger partial charge < -0.3 is 5.32 Å². The summed E-state index contributed by atoms with van der Waals surface area (Å²) in [5, 5.41) is 8.36. The fourth-order valence-corrected chi connectivity index (χ4v) is 4.53. The van der Waals surface area contributed by atoms with E-state index in [4.69, 9.17) is 4.98 Å². The number of hydrogen-bond acceptors (Lipinski definition) is 5. The van der Waals surface area contributed by atoms with Crippen LogP contribution in [0.15, 0.2) is 42.9 Å². The first kappa shape index (κ1) is 20.2. The van der Waals surface area contributed by atoms with Crippen molar-refractivity contribution in [2.24, 2.45) is 0 Å². The van der Waals surface area contributed by atoms with Crippen molar-refractivity contribution >= 4 is 28.3 Å². The van der Waals surface area contributed by atoms with Crippen LogP contribution in [-0.2, 0) is 0 Å². The lowest BCUT2D eigenvalue weighted by Gasteiger charge is -2.15. The highest BCUT2D eigenvalue weighted by Gasteiger charge is 2.21. The number of pyridine rings is 2. The summed E-state index contributed by atoms with van der Waals surface area (Å²) in [5.41, 5.74) is 4.13. The van der Waals surface area contributed by atoms with E-state index in [9.17, 15) is 4.79 Å². The first-order chi connectivity index (χ1) is 14.3. The molecule has 4 rings (SSSR count). The molecule has 0 fully saturated rings. The number of carbonyl (C=O) groups excluding carboxylic acids is 1. The minimum atomic E-state index is -0.164. The van der Waals surface area contributed by atoms with Crippen molar-refractivity contribution < 1.29 is 4.79 Å². The van der Waals surface area contributed by atoms with Crippen LogP contribution >= 0.6 is 11.3 Å². The summed E-state index contributed by atoms with van der Waals surface area (Å²) in [5.74, 6) is -0.145. The number of nitrogens with one attached hydrogen (secondary N) is 1. The standard InChI is InChI=1S/C23H25N5OS/c1-13(2)28-22-20(12-25-28)19(10-21(27-22)18-9-14(3)30-16(18)5)23(29)26-15(4)17-7-6-8-24-11-17/h6-13,15H,1-5H3,(H,26,29). The Morgan fingerprint density at radius 1 is 1.17 bits per heavy atom. The van der Waals surface area contributed by atoms with Crippen molar-refractivity contribution in [2.75, 3.05) is 0 Å². The van der Waals surface area contributed by atoms with Gasteiger partial charge in [-0.05, 0) is 58.4 Å². The number of carbonyl (C=O) groups is 1. The zero-order valence-electron chi connectivity index (χ0n) is 17.8. The minimum absolute atomic E-state index is 0.140. The summed E-state index contributed by atoms with van der Waals surface area (Å²) in [6.07, 6.45) is 5.23. The Morgan fingerprint density at radius 2 is 1.97 bits per heavy atom. The molecule has 4 aromatic heterocycles. The molecule has 1 amide bonds. The number of aromatic nitrogens is 4. The Morgan fingerprint density at radius 3 is 2.60 bits per heavy atom. The fourth-order valence-electron chi connectivity index (χ4n) is 3.60. The highest BCUT2D eigenvalue weighted by atomic mass is 32.1. The van der Waals surface area contributed by atoms with E-state index in [-0.39, 0.29) is 18.0 Å². The molecule has 0 saturated carbocycles. The van der Waals surface area contributed by atoms with Crippen LogP contribution in [0, 0.1) is 13.8 Å². The molecule has 0 spiro atoms. The molecule has 6 nitrogen and oxygen atoms in total. The molecule has 0 aliphatic rings. The number of fused-ring (bicyclic) bond motifs is 1. The molecule has 4 heterocycles. The van der Waals surface area contributed by atoms with Crippen LogP contribution in [0.25, 0.3) is 22.3 Å². The van der Waals surface area contributed by atoms with Gasteiger partial charge in [-0.2, -0.15) is 5.10 Å². The van der Waals surface area contributed by atoms with E-state index in [2.05, 4.69) is 49.2 Å². The number of nitrogens with zero attached hydrogens (tertiary/aromatic N) is 4. The van der Waals surface area contributed by atoms with Crippen molar-refractivity contribution in [3.05, 3.63) is 63.7 Å². The Bertz CT molecular complexity index is 1210. The van der Waals surface area contributed by atoms with Gasteiger partial charge in [0.1, 0.15) is 0 Å². The zero-order chi connectivity index (χ0) is 21.4. The fraction of sp³-hybridized carbons (Fsp3) is 0.304. The van der Waals surface area contributed by atoms with Crippen LogP contribution in [-0.4, -0.2) is 25.7 Å². The highest BCUT2D eigenvalue weighted by Crippen LogP contribution is 2.32. The Hall–Kier alpha value is -3.06. The molecule has 0 saturated heterocycles. The lowest BCUT2D eigenvalue weighted by atomic mass is 10.1. The van der Waals surface area contributed by atoms with Gasteiger partial charge in [0.2, 0.25) is 0 Å². The van der Waals surface area contributed by atoms with E-state index in [0.717, 1.165) is 27.9 Å². The molecule has 0 aliphatic carbocycles. The first-order valence-electron chi connectivity index (χ1n) is 10.0. The molecule has 0 bridgehead atoms. The van der Waals surface area contributed by atoms with Gasteiger partial charge in [-0.15, -0.1) is 11.3 Å². The summed E-state index contributed by atoms with van der Waals surface area (Å²) >= 11 is 1.73. The first-order valence-corrected chi connectivity index (χ1v) is 10.8. The Labute approximate surface area is 180 Å². The quantitative estimate of drug-likeness (QED) is 0.480. The minimum Gasteiger partial charge on any atom is -0.345 e. The molecular weight excluding hydrogens is 394 g/mol. The van der Waals surface area contributed by atoms with Gasteiger partial charge in [0.25, 0.3) is 5.91 Å². The van der Waals surface area contributed by atoms with Crippen molar-refractivity contribution in [2.45, 2.75) is 46.7 Å². The normalized spacial score (nSPS) is 12.5. The van der Waals surface area contributed by atoms with Crippen molar-refractivity contribution in [1.29, 1.82) is 0 Å². The molecule has 154 valence electrons. The molecule has 1 unspecified atom stereocenters. The second-order valence-electron chi connectivity index (χ2n) is 7.78. The van der Waals surface area contributed by atoms with E-state index < -0.39 is 0 Å². The molecule has 0 radical (unpaired) electrons. The van der Waals surface area contributed by atoms with Gasteiger partial charge in [-0.1, -0.05) is 6.07 Å². The van der Waals surface area contributed by atoms with Crippen molar-refractivity contribution in [3.63, 3.8) is 0 Å². The predicted molar refractivity (Wildman–Crippen MR) is 121 cm³/mol. The molecule has 7 heteroatoms. The summed E-state index contributed by atoms with van der Waals surface area (Å²) < 4.78 is 1.87. The lowest BCUT2D eigenvalue weighted by molar-refractivity contribution is 0.0941. The number of thiophene rings is 1. The summed E-state index contributed by atoms with van der Waals surface area (Å²) in [7, 11) is 0. The number of rotatable bonds is 5. The molecule has 1 atom stereocenters. The van der Waals surface area contributed by atoms with Gasteiger partial charge in [-0.25, -0.2) is 9.67 Å². The van der Waals surface area contributed by atoms with E-state index in [1.807, 2.05) is 29.8 Å². The summed E-state index contributed by atoms with van der Waals surface area (Å²) in [6.45, 7) is 10.2. The molecule has 0 aromatic carbocycles. The Balaban J connectivity index is 1.81. The summed E-state index contributed by atoms with van der Waals surface area (Å²) in [4.78, 5) is 24.8. The van der Waals surface area contributed by atoms with E-state index in [0.29, 0.717) is 5.56 Å². The third-order valence-corrected chi connectivity index (χ3v) is 6.12. The van der Waals surface area contributed by atoms with Gasteiger partial charge in [0.15, 0.2) is 5.65 Å². The largest absolute Gasteiger partial charge is 0.345 e. The van der Waals surface area contributed by atoms with Crippen LogP contribution in [0.1, 0.15) is 58.5 Å². The SMILES string of the molecule is Cc1cc(-c2cc(C(=O)NC(C)c3cccnc3)c3cnn(C(C)C)c3n2)c(C)s1. The summed E-state index contributed by atoms with van der Waals surface area (Å²) in [6, 6.07) is 7.82. The number of hydrogen-bond donors (Lipinski definition) is 1. The average molecular weight is 420 g/mol. The molecule has 1 N–H and O–H groups in total. The maximum absolute atomic E-state index is 13.3. The van der Waals surface area contributed by atoms with Crippen LogP contribution in [0.5, 0.6) is 0 Å². The number of amides is 1. The molecular formula is C23H25N5OS. The van der Waals surface area contributed by atoms with Gasteiger partial charge in [-0.3, -0.25) is 9.78 Å². The molecule has 30 heavy (non-hydrogen) atoms. The average Bonchev–Trinajstić information content (AvgIpc) is 3.30. The predicted octanol–water partition coefficient (Wildman–Crippen LogP) is 5.24. The van der Waals surface area contributed by atoms with Gasteiger partial charge in [0.05, 0.1) is 28.9 Å². The molecule has 0 aliphatic heterocycles. The second-order valence-corrected chi connectivity index (χ2v) is 9.24. The van der Waals surface area contributed by atoms with Crippen LogP contribution in [0.4, 0.5) is 0 Å². The third-order valence-electron chi connectivity index (χ3n) is 5.15. The second kappa shape index (κ2) is 7.99. The van der Waals surface area contributed by atoms with E-state index >= 15 is 0 Å². The zero-order valence-corrected chi connectivity index (χ0v) is 18.6. The van der Waals surface area contributed by atoms with Gasteiger partial charge >= 0.3 is 0 Å². The van der Waals surface area contributed by atoms with E-state index in [1.165, 1.54) is 9.75 Å². The van der Waals surface area contributed by atoms with Crippen LogP contribution < -0.4 is 5.32 Å². The topological polar surface area (TPSA) is 72.7 Å². The maximum Gasteiger partial charge on any atom is 0.252 e. The van der Waals surface area contributed by atoms with Crippen LogP contribution in [0.2, 0.25) is 0 Å². The smallest absolute Gasteiger partial charge is 0.252 e. The third kappa shape index (κ3) is 3.73.